The number of halogens is 1. The third kappa shape index (κ3) is 10.3. The van der Waals surface area contributed by atoms with Crippen molar-refractivity contribution < 1.29 is 24.0 Å². The van der Waals surface area contributed by atoms with Gasteiger partial charge in [0, 0.05) is 93.7 Å². The van der Waals surface area contributed by atoms with Crippen molar-refractivity contribution in [2.75, 3.05) is 61.8 Å². The van der Waals surface area contributed by atoms with Gasteiger partial charge < -0.3 is 41.3 Å². The Hall–Kier alpha value is -6.70. The Kier molecular flexibility index (Phi) is 13.3. The van der Waals surface area contributed by atoms with Gasteiger partial charge in [-0.15, -0.1) is 0 Å². The van der Waals surface area contributed by atoms with Gasteiger partial charge in [0.15, 0.2) is 5.82 Å². The van der Waals surface area contributed by atoms with Crippen molar-refractivity contribution in [3.63, 3.8) is 0 Å². The summed E-state index contributed by atoms with van der Waals surface area (Å²) in [5.74, 6) is 6.63. The van der Waals surface area contributed by atoms with Crippen molar-refractivity contribution >= 4 is 70.1 Å². The second-order valence-electron chi connectivity index (χ2n) is 16.1. The largest absolute Gasteiger partial charge is 0.368 e. The molecule has 2 saturated heterocycles. The van der Waals surface area contributed by atoms with E-state index < -0.39 is 11.9 Å². The Balaban J connectivity index is 0.722. The summed E-state index contributed by atoms with van der Waals surface area (Å²) in [6.45, 7) is 4.25. The molecule has 4 aromatic rings. The molecule has 17 heteroatoms. The second kappa shape index (κ2) is 19.6. The number of benzene rings is 3. The molecule has 1 aliphatic carbocycles. The fourth-order valence-electron chi connectivity index (χ4n) is 8.46. The van der Waals surface area contributed by atoms with Crippen molar-refractivity contribution in [3.8, 4) is 11.8 Å². The van der Waals surface area contributed by atoms with E-state index in [9.17, 15) is 24.0 Å². The van der Waals surface area contributed by atoms with Crippen LogP contribution in [0.25, 0.3) is 0 Å². The lowest BCUT2D eigenvalue weighted by Crippen LogP contribution is -2.52. The highest BCUT2D eigenvalue weighted by molar-refractivity contribution is 6.33. The average Bonchev–Trinajstić information content (AvgIpc) is 3.63. The molecule has 63 heavy (non-hydrogen) atoms. The zero-order valence-electron chi connectivity index (χ0n) is 35.0. The maximum Gasteiger partial charge on any atom is 0.317 e. The molecular weight excluding hydrogens is 822 g/mol. The van der Waals surface area contributed by atoms with Crippen LogP contribution in [0.5, 0.6) is 0 Å². The smallest absolute Gasteiger partial charge is 0.317 e. The number of urea groups is 1. The molecule has 6 amide bonds. The fraction of sp³-hybridized carbons (Fsp3) is 0.370. The van der Waals surface area contributed by atoms with Gasteiger partial charge in [0.2, 0.25) is 17.8 Å². The number of rotatable bonds is 11. The third-order valence-electron chi connectivity index (χ3n) is 12.0. The number of piperazine rings is 1. The quantitative estimate of drug-likeness (QED) is 0.0692. The number of carbonyl (C=O) groups is 5. The van der Waals surface area contributed by atoms with E-state index in [2.05, 4.69) is 58.6 Å². The van der Waals surface area contributed by atoms with Crippen LogP contribution < -0.4 is 36.8 Å². The number of imide groups is 1. The Morgan fingerprint density at radius 2 is 1.68 bits per heavy atom. The lowest BCUT2D eigenvalue weighted by atomic mass is 9.86. The maximum absolute atomic E-state index is 13.0. The van der Waals surface area contributed by atoms with Gasteiger partial charge in [-0.05, 0) is 92.3 Å². The minimum atomic E-state index is -0.629. The number of fused-ring (bicyclic) bond motifs is 1. The molecular formula is C46H50ClN11O5. The fourth-order valence-corrected chi connectivity index (χ4v) is 8.60. The van der Waals surface area contributed by atoms with Crippen LogP contribution in [0.1, 0.15) is 70.4 Å². The molecule has 0 radical (unpaired) electrons. The van der Waals surface area contributed by atoms with Crippen LogP contribution in [0, 0.1) is 17.8 Å². The predicted molar refractivity (Wildman–Crippen MR) is 240 cm³/mol. The molecule has 3 aromatic carbocycles. The van der Waals surface area contributed by atoms with Gasteiger partial charge in [0.05, 0.1) is 17.4 Å². The van der Waals surface area contributed by atoms with E-state index in [1.165, 1.54) is 6.20 Å². The summed E-state index contributed by atoms with van der Waals surface area (Å²) in [7, 11) is 1.58. The number of hydrogen-bond acceptors (Lipinski definition) is 11. The zero-order valence-corrected chi connectivity index (χ0v) is 35.8. The topological polar surface area (TPSA) is 193 Å². The monoisotopic (exact) mass is 871 g/mol. The molecule has 4 heterocycles. The number of anilines is 5. The van der Waals surface area contributed by atoms with E-state index in [-0.39, 0.29) is 30.2 Å². The highest BCUT2D eigenvalue weighted by Gasteiger charge is 2.39. The summed E-state index contributed by atoms with van der Waals surface area (Å²) in [6.07, 6.45) is 6.06. The Morgan fingerprint density at radius 3 is 2.44 bits per heavy atom. The summed E-state index contributed by atoms with van der Waals surface area (Å²) in [5, 5.41) is 18.3. The maximum atomic E-state index is 13.0. The predicted octanol–water partition coefficient (Wildman–Crippen LogP) is 4.77. The molecule has 8 rings (SSSR count). The van der Waals surface area contributed by atoms with Crippen molar-refractivity contribution in [3.05, 3.63) is 100 Å². The summed E-state index contributed by atoms with van der Waals surface area (Å²) in [6, 6.07) is 20.4. The van der Waals surface area contributed by atoms with Gasteiger partial charge >= 0.3 is 6.03 Å². The van der Waals surface area contributed by atoms with E-state index in [1.54, 1.807) is 36.2 Å². The van der Waals surface area contributed by atoms with Gasteiger partial charge in [-0.1, -0.05) is 35.6 Å². The highest BCUT2D eigenvalue weighted by atomic mass is 35.5. The van der Waals surface area contributed by atoms with Gasteiger partial charge in [0.25, 0.3) is 11.8 Å². The summed E-state index contributed by atoms with van der Waals surface area (Å²) in [4.78, 5) is 76.8. The first-order valence-corrected chi connectivity index (χ1v) is 21.8. The van der Waals surface area contributed by atoms with Gasteiger partial charge in [-0.25, -0.2) is 9.78 Å². The van der Waals surface area contributed by atoms with Crippen LogP contribution in [0.4, 0.5) is 33.6 Å². The van der Waals surface area contributed by atoms with Gasteiger partial charge in [0.1, 0.15) is 11.1 Å². The molecule has 16 nitrogen and oxygen atoms in total. The summed E-state index contributed by atoms with van der Waals surface area (Å²) < 4.78 is 0. The Labute approximate surface area is 370 Å². The number of nitrogens with one attached hydrogen (secondary N) is 6. The van der Waals surface area contributed by atoms with Crippen LogP contribution >= 0.6 is 11.6 Å². The number of aromatic nitrogens is 2. The van der Waals surface area contributed by atoms with Crippen molar-refractivity contribution in [1.82, 2.24) is 41.0 Å². The molecule has 1 unspecified atom stereocenters. The number of hydrogen-bond donors (Lipinski definition) is 6. The third-order valence-corrected chi connectivity index (χ3v) is 12.2. The standard InChI is InChI=1S/C46H50ClN11O5/c1-48-42(60)36-4-2-3-5-38(36)53-41-37(47)27-51-45(55-41)52-33-13-15-34(16-14-33)56-22-24-57(25-23-56)46(63)50-21-20-49-32-11-8-29(9-12-32)6-7-30-10-17-35-31(26-30)28-58(44(35)62)39-18-19-40(59)54-43(39)61/h2-5,10,13-17,26-27,29,32,39,49H,8-9,11-12,18-25,28H2,1H3,(H,48,60)(H,50,63)(H,54,59,61)(H2,51,52,53,55). The van der Waals surface area contributed by atoms with Gasteiger partial charge in [-0.2, -0.15) is 4.98 Å². The normalized spacial score (nSPS) is 19.7. The minimum Gasteiger partial charge on any atom is -0.368 e. The average molecular weight is 872 g/mol. The van der Waals surface area contributed by atoms with Crippen molar-refractivity contribution in [2.45, 2.75) is 57.2 Å². The molecule has 0 spiro atoms. The molecule has 1 saturated carbocycles. The number of carbonyl (C=O) groups excluding carboxylic acids is 5. The Morgan fingerprint density at radius 1 is 0.905 bits per heavy atom. The number of nitrogens with zero attached hydrogens (tertiary/aromatic N) is 5. The van der Waals surface area contributed by atoms with E-state index in [4.69, 9.17) is 11.6 Å². The van der Waals surface area contributed by atoms with Crippen LogP contribution in [0.3, 0.4) is 0 Å². The molecule has 3 aliphatic heterocycles. The first-order valence-electron chi connectivity index (χ1n) is 21.4. The first kappa shape index (κ1) is 43.0. The lowest BCUT2D eigenvalue weighted by molar-refractivity contribution is -0.136. The van der Waals surface area contributed by atoms with Crippen molar-refractivity contribution in [1.29, 1.82) is 0 Å². The summed E-state index contributed by atoms with van der Waals surface area (Å²) >= 11 is 6.40. The lowest BCUT2D eigenvalue weighted by Gasteiger charge is -2.36. The molecule has 3 fully saturated rings. The van der Waals surface area contributed by atoms with Gasteiger partial charge in [-0.3, -0.25) is 24.5 Å². The molecule has 4 aliphatic rings. The van der Waals surface area contributed by atoms with E-state index >= 15 is 0 Å². The van der Waals surface area contributed by atoms with Crippen molar-refractivity contribution in [2.24, 2.45) is 5.92 Å². The van der Waals surface area contributed by atoms with Crippen LogP contribution in [0.2, 0.25) is 5.02 Å². The van der Waals surface area contributed by atoms with Crippen LogP contribution in [0.15, 0.2) is 72.9 Å². The molecule has 6 N–H and O–H groups in total. The number of piperidine rings is 1. The van der Waals surface area contributed by atoms with Crippen LogP contribution in [-0.4, -0.2) is 108 Å². The SMILES string of the molecule is CNC(=O)c1ccccc1Nc1nc(Nc2ccc(N3CCN(C(=O)NCCNC4CCC(C#Cc5ccc6c(c5)CN(C5CCC(=O)NC5=O)C6=O)CC4)CC3)cc2)ncc1Cl. The number of para-hydroxylation sites is 1. The Bertz CT molecular complexity index is 2440. The summed E-state index contributed by atoms with van der Waals surface area (Å²) in [5.41, 5.74) is 5.17. The molecule has 0 bridgehead atoms. The minimum absolute atomic E-state index is 0.0523. The zero-order chi connectivity index (χ0) is 43.9. The second-order valence-corrected chi connectivity index (χ2v) is 16.5. The van der Waals surface area contributed by atoms with E-state index in [0.717, 1.165) is 48.2 Å². The van der Waals surface area contributed by atoms with E-state index in [1.807, 2.05) is 47.4 Å². The first-order chi connectivity index (χ1) is 30.6. The highest BCUT2D eigenvalue weighted by Crippen LogP contribution is 2.30. The molecule has 326 valence electrons. The van der Waals surface area contributed by atoms with Crippen LogP contribution in [-0.2, 0) is 16.1 Å². The molecule has 1 atom stereocenters. The van der Waals surface area contributed by atoms with E-state index in [0.29, 0.717) is 97.8 Å². The number of amides is 6. The molecule has 1 aromatic heterocycles.